The van der Waals surface area contributed by atoms with Crippen LogP contribution in [-0.2, 0) is 6.42 Å². The number of aryl methyl sites for hydroxylation is 1. The molecule has 0 spiro atoms. The number of hydrogen-bond acceptors (Lipinski definition) is 0. The van der Waals surface area contributed by atoms with Crippen molar-refractivity contribution in [2.75, 3.05) is 0 Å². The highest BCUT2D eigenvalue weighted by Crippen LogP contribution is 2.24. The Morgan fingerprint density at radius 2 is 1.69 bits per heavy atom. The lowest BCUT2D eigenvalue weighted by atomic mass is 10.00. The second kappa shape index (κ2) is 4.20. The molecule has 0 aliphatic carbocycles. The summed E-state index contributed by atoms with van der Waals surface area (Å²) in [5.41, 5.74) is 1.000. The van der Waals surface area contributed by atoms with Crippen molar-refractivity contribution in [3.05, 3.63) is 48.0 Å². The van der Waals surface area contributed by atoms with E-state index in [0.717, 1.165) is 23.3 Å². The highest BCUT2D eigenvalue weighted by Gasteiger charge is 2.20. The third-order valence-corrected chi connectivity index (χ3v) is 2.71. The molecule has 0 amide bonds. The third-order valence-electron chi connectivity index (χ3n) is 2.71. The van der Waals surface area contributed by atoms with E-state index in [4.69, 9.17) is 0 Å². The number of rotatable bonds is 3. The summed E-state index contributed by atoms with van der Waals surface area (Å²) in [6.07, 6.45) is 0.325. The van der Waals surface area contributed by atoms with E-state index in [9.17, 15) is 8.78 Å². The molecule has 16 heavy (non-hydrogen) atoms. The fraction of sp³-hybridized carbons (Fsp3) is 0.286. The molecule has 0 aliphatic heterocycles. The van der Waals surface area contributed by atoms with Gasteiger partial charge in [-0.25, -0.2) is 8.78 Å². The Hall–Kier alpha value is -1.44. The molecule has 84 valence electrons. The molecule has 0 bridgehead atoms. The Labute approximate surface area is 93.9 Å². The van der Waals surface area contributed by atoms with Gasteiger partial charge in [0.2, 0.25) is 5.92 Å². The van der Waals surface area contributed by atoms with Gasteiger partial charge in [-0.05, 0) is 29.7 Å². The van der Waals surface area contributed by atoms with Crippen LogP contribution in [0, 0.1) is 0 Å². The first-order valence-electron chi connectivity index (χ1n) is 5.41. The first-order valence-corrected chi connectivity index (χ1v) is 5.41. The second-order valence-electron chi connectivity index (χ2n) is 4.21. The summed E-state index contributed by atoms with van der Waals surface area (Å²) >= 11 is 0. The molecule has 2 aromatic rings. The van der Waals surface area contributed by atoms with Crippen molar-refractivity contribution < 1.29 is 8.78 Å². The molecule has 0 nitrogen and oxygen atoms in total. The third kappa shape index (κ3) is 2.57. The molecule has 0 saturated heterocycles. The van der Waals surface area contributed by atoms with Crippen LogP contribution in [0.15, 0.2) is 42.5 Å². The molecule has 2 aromatic carbocycles. The molecular formula is C14H14F2. The Bertz CT molecular complexity index is 478. The maximum atomic E-state index is 12.8. The monoisotopic (exact) mass is 220 g/mol. The zero-order valence-electron chi connectivity index (χ0n) is 9.21. The summed E-state index contributed by atoms with van der Waals surface area (Å²) in [5, 5.41) is 2.19. The molecule has 0 aromatic heterocycles. The van der Waals surface area contributed by atoms with Gasteiger partial charge in [-0.3, -0.25) is 0 Å². The van der Waals surface area contributed by atoms with Crippen molar-refractivity contribution in [3.63, 3.8) is 0 Å². The molecule has 0 atom stereocenters. The van der Waals surface area contributed by atoms with Crippen molar-refractivity contribution in [3.8, 4) is 0 Å². The van der Waals surface area contributed by atoms with E-state index in [0.29, 0.717) is 6.42 Å². The predicted octanol–water partition coefficient (Wildman–Crippen LogP) is 4.43. The Kier molecular flexibility index (Phi) is 2.90. The highest BCUT2D eigenvalue weighted by atomic mass is 19.3. The van der Waals surface area contributed by atoms with Crippen LogP contribution in [-0.4, -0.2) is 5.92 Å². The Balaban J connectivity index is 2.30. The number of hydrogen-bond donors (Lipinski definition) is 0. The lowest BCUT2D eigenvalue weighted by Gasteiger charge is -2.11. The average molecular weight is 220 g/mol. The van der Waals surface area contributed by atoms with E-state index in [2.05, 4.69) is 0 Å². The number of halogens is 2. The predicted molar refractivity (Wildman–Crippen MR) is 62.9 cm³/mol. The van der Waals surface area contributed by atoms with Crippen LogP contribution in [0.2, 0.25) is 0 Å². The van der Waals surface area contributed by atoms with Crippen molar-refractivity contribution in [1.82, 2.24) is 0 Å². The summed E-state index contributed by atoms with van der Waals surface area (Å²) in [4.78, 5) is 0. The molecule has 0 saturated carbocycles. The van der Waals surface area contributed by atoms with Crippen molar-refractivity contribution in [2.24, 2.45) is 0 Å². The fourth-order valence-corrected chi connectivity index (χ4v) is 1.86. The van der Waals surface area contributed by atoms with Crippen LogP contribution in [0.1, 0.15) is 18.9 Å². The van der Waals surface area contributed by atoms with Crippen LogP contribution in [0.4, 0.5) is 8.78 Å². The van der Waals surface area contributed by atoms with E-state index < -0.39 is 5.92 Å². The Morgan fingerprint density at radius 3 is 2.44 bits per heavy atom. The number of benzene rings is 2. The lowest BCUT2D eigenvalue weighted by Crippen LogP contribution is -2.10. The smallest absolute Gasteiger partial charge is 0.207 e. The maximum Gasteiger partial charge on any atom is 0.245 e. The van der Waals surface area contributed by atoms with Gasteiger partial charge in [0, 0.05) is 6.42 Å². The topological polar surface area (TPSA) is 0 Å². The molecule has 0 aliphatic rings. The van der Waals surface area contributed by atoms with Crippen molar-refractivity contribution >= 4 is 10.8 Å². The minimum atomic E-state index is -2.59. The van der Waals surface area contributed by atoms with Gasteiger partial charge >= 0.3 is 0 Å². The van der Waals surface area contributed by atoms with E-state index in [1.807, 2.05) is 42.5 Å². The quantitative estimate of drug-likeness (QED) is 0.718. The fourth-order valence-electron chi connectivity index (χ4n) is 1.86. The largest absolute Gasteiger partial charge is 0.245 e. The van der Waals surface area contributed by atoms with Crippen LogP contribution < -0.4 is 0 Å². The summed E-state index contributed by atoms with van der Waals surface area (Å²) in [7, 11) is 0. The SMILES string of the molecule is CC(F)(F)CCc1cccc2ccccc12. The molecular weight excluding hydrogens is 206 g/mol. The summed E-state index contributed by atoms with van der Waals surface area (Å²) in [6, 6.07) is 13.7. The van der Waals surface area contributed by atoms with Crippen LogP contribution in [0.3, 0.4) is 0 Å². The lowest BCUT2D eigenvalue weighted by molar-refractivity contribution is 0.0134. The minimum Gasteiger partial charge on any atom is -0.207 e. The molecule has 0 fully saturated rings. The minimum absolute atomic E-state index is 0.0962. The molecule has 2 heteroatoms. The van der Waals surface area contributed by atoms with E-state index in [-0.39, 0.29) is 6.42 Å². The van der Waals surface area contributed by atoms with Gasteiger partial charge in [0.15, 0.2) is 0 Å². The van der Waals surface area contributed by atoms with E-state index in [1.165, 1.54) is 0 Å². The second-order valence-corrected chi connectivity index (χ2v) is 4.21. The van der Waals surface area contributed by atoms with Gasteiger partial charge in [-0.15, -0.1) is 0 Å². The van der Waals surface area contributed by atoms with Crippen LogP contribution in [0.5, 0.6) is 0 Å². The molecule has 0 heterocycles. The molecule has 0 radical (unpaired) electrons. The molecule has 2 rings (SSSR count). The van der Waals surface area contributed by atoms with Gasteiger partial charge in [0.25, 0.3) is 0 Å². The number of alkyl halides is 2. The summed E-state index contributed by atoms with van der Waals surface area (Å²) in [6.45, 7) is 0.970. The Morgan fingerprint density at radius 1 is 1.00 bits per heavy atom. The van der Waals surface area contributed by atoms with Crippen LogP contribution in [0.25, 0.3) is 10.8 Å². The normalized spacial score (nSPS) is 11.9. The standard InChI is InChI=1S/C14H14F2/c1-14(15,16)10-9-12-7-4-6-11-5-2-3-8-13(11)12/h2-8H,9-10H2,1H3. The first kappa shape index (κ1) is 11.1. The zero-order valence-corrected chi connectivity index (χ0v) is 9.21. The van der Waals surface area contributed by atoms with Gasteiger partial charge < -0.3 is 0 Å². The van der Waals surface area contributed by atoms with Crippen LogP contribution >= 0.6 is 0 Å². The zero-order chi connectivity index (χ0) is 11.6. The molecule has 0 unspecified atom stereocenters. The van der Waals surface area contributed by atoms with E-state index >= 15 is 0 Å². The summed E-state index contributed by atoms with van der Waals surface area (Å²) in [5.74, 6) is -2.59. The summed E-state index contributed by atoms with van der Waals surface area (Å²) < 4.78 is 25.6. The maximum absolute atomic E-state index is 12.8. The van der Waals surface area contributed by atoms with E-state index in [1.54, 1.807) is 0 Å². The van der Waals surface area contributed by atoms with Crippen molar-refractivity contribution in [2.45, 2.75) is 25.7 Å². The molecule has 0 N–H and O–H groups in total. The van der Waals surface area contributed by atoms with Gasteiger partial charge in [-0.1, -0.05) is 42.5 Å². The van der Waals surface area contributed by atoms with Crippen molar-refractivity contribution in [1.29, 1.82) is 0 Å². The average Bonchev–Trinajstić information content (AvgIpc) is 2.25. The first-order chi connectivity index (χ1) is 7.56. The van der Waals surface area contributed by atoms with Gasteiger partial charge in [0.05, 0.1) is 0 Å². The van der Waals surface area contributed by atoms with Gasteiger partial charge in [-0.2, -0.15) is 0 Å². The number of fused-ring (bicyclic) bond motifs is 1. The van der Waals surface area contributed by atoms with Gasteiger partial charge in [0.1, 0.15) is 0 Å². The highest BCUT2D eigenvalue weighted by molar-refractivity contribution is 5.85.